The van der Waals surface area contributed by atoms with E-state index in [4.69, 9.17) is 21.1 Å². The van der Waals surface area contributed by atoms with Gasteiger partial charge in [-0.25, -0.2) is 0 Å². The summed E-state index contributed by atoms with van der Waals surface area (Å²) >= 11 is 5.32. The lowest BCUT2D eigenvalue weighted by Gasteiger charge is -2.09. The molecule has 2 aromatic rings. The Kier molecular flexibility index (Phi) is 5.94. The molecule has 1 saturated carbocycles. The normalized spacial score (nSPS) is 20.8. The van der Waals surface area contributed by atoms with Crippen LogP contribution in [0, 0.1) is 17.3 Å². The molecule has 0 saturated heterocycles. The maximum atomic E-state index is 12.7. The molecule has 3 nitrogen and oxygen atoms in total. The number of allylic oxidation sites excluding steroid dienone is 2. The molecule has 3 rings (SSSR count). The molecule has 0 spiro atoms. The average Bonchev–Trinajstić information content (AvgIpc) is 3.20. The van der Waals surface area contributed by atoms with Gasteiger partial charge >= 0.3 is 12.1 Å². The van der Waals surface area contributed by atoms with Gasteiger partial charge < -0.3 is 9.47 Å². The van der Waals surface area contributed by atoms with Crippen LogP contribution in [0.3, 0.4) is 0 Å². The predicted octanol–water partition coefficient (Wildman–Crippen LogP) is 6.48. The number of hydrogen-bond acceptors (Lipinski definition) is 3. The molecule has 0 N–H and O–H groups in total. The van der Waals surface area contributed by atoms with Crippen LogP contribution in [0.4, 0.5) is 13.2 Å². The molecule has 2 atom stereocenters. The predicted molar refractivity (Wildman–Crippen MR) is 104 cm³/mol. The van der Waals surface area contributed by atoms with Crippen LogP contribution in [0.15, 0.2) is 65.7 Å². The van der Waals surface area contributed by atoms with Gasteiger partial charge in [-0.05, 0) is 41.2 Å². The lowest BCUT2D eigenvalue weighted by molar-refractivity contribution is -0.147. The Morgan fingerprint density at radius 1 is 1.10 bits per heavy atom. The molecule has 1 fully saturated rings. The van der Waals surface area contributed by atoms with Gasteiger partial charge in [-0.1, -0.05) is 61.9 Å². The summed E-state index contributed by atoms with van der Waals surface area (Å²) < 4.78 is 49.0. The monoisotopic (exact) mass is 424 g/mol. The lowest BCUT2D eigenvalue weighted by Crippen LogP contribution is -2.11. The highest BCUT2D eigenvalue weighted by Gasteiger charge is 2.62. The number of para-hydroxylation sites is 1. The number of alkyl halides is 3. The Bertz CT molecular complexity index is 907. The largest absolute Gasteiger partial charge is 0.461 e. The Morgan fingerprint density at radius 2 is 1.76 bits per heavy atom. The van der Waals surface area contributed by atoms with E-state index in [2.05, 4.69) is 0 Å². The average molecular weight is 425 g/mol. The van der Waals surface area contributed by atoms with Gasteiger partial charge in [0, 0.05) is 0 Å². The standard InChI is InChI=1S/C22H20ClF3O3/c1-21(2)17(12-18(23)22(24,25)26)19(21)20(27)28-13-14-7-6-10-16(11-14)29-15-8-4-3-5-9-15/h3-12,17,19H,13H2,1-2H3/b18-12+/t17-,19-/m1/s1. The Hall–Kier alpha value is -2.47. The van der Waals surface area contributed by atoms with Crippen LogP contribution in [-0.4, -0.2) is 12.1 Å². The highest BCUT2D eigenvalue weighted by molar-refractivity contribution is 6.30. The van der Waals surface area contributed by atoms with E-state index in [1.165, 1.54) is 0 Å². The number of carbonyl (C=O) groups is 1. The number of benzene rings is 2. The fourth-order valence-electron chi connectivity index (χ4n) is 3.26. The van der Waals surface area contributed by atoms with E-state index < -0.39 is 34.4 Å². The lowest BCUT2D eigenvalue weighted by atomic mass is 10.1. The third-order valence-electron chi connectivity index (χ3n) is 5.02. The van der Waals surface area contributed by atoms with Crippen LogP contribution < -0.4 is 4.74 Å². The van der Waals surface area contributed by atoms with Gasteiger partial charge in [-0.3, -0.25) is 4.79 Å². The third kappa shape index (κ3) is 5.12. The number of hydrogen-bond donors (Lipinski definition) is 0. The maximum absolute atomic E-state index is 12.7. The van der Waals surface area contributed by atoms with Crippen molar-refractivity contribution in [2.75, 3.05) is 0 Å². The van der Waals surface area contributed by atoms with Crippen LogP contribution in [0.25, 0.3) is 0 Å². The second-order valence-electron chi connectivity index (χ2n) is 7.51. The van der Waals surface area contributed by atoms with E-state index in [9.17, 15) is 18.0 Å². The SMILES string of the molecule is CC1(C)[C@H](/C=C(/Cl)C(F)(F)F)[C@@H]1C(=O)OCc1cccc(Oc2ccccc2)c1. The minimum atomic E-state index is -4.62. The quantitative estimate of drug-likeness (QED) is 0.498. The first-order valence-corrected chi connectivity index (χ1v) is 9.40. The fraction of sp³-hybridized carbons (Fsp3) is 0.318. The van der Waals surface area contributed by atoms with E-state index in [0.29, 0.717) is 17.1 Å². The summed E-state index contributed by atoms with van der Waals surface area (Å²) in [7, 11) is 0. The molecule has 1 aliphatic rings. The first kappa shape index (κ1) is 21.2. The maximum Gasteiger partial charge on any atom is 0.426 e. The molecule has 0 bridgehead atoms. The molecule has 0 radical (unpaired) electrons. The fourth-order valence-corrected chi connectivity index (χ4v) is 3.39. The highest BCUT2D eigenvalue weighted by atomic mass is 35.5. The zero-order valence-electron chi connectivity index (χ0n) is 15.9. The van der Waals surface area contributed by atoms with Crippen LogP contribution >= 0.6 is 11.6 Å². The Morgan fingerprint density at radius 3 is 2.41 bits per heavy atom. The molecule has 0 aromatic heterocycles. The molecule has 29 heavy (non-hydrogen) atoms. The first-order chi connectivity index (χ1) is 13.6. The van der Waals surface area contributed by atoms with Crippen molar-refractivity contribution in [3.8, 4) is 11.5 Å². The van der Waals surface area contributed by atoms with Crippen molar-refractivity contribution in [1.82, 2.24) is 0 Å². The Labute approximate surface area is 172 Å². The number of esters is 1. The van der Waals surface area contributed by atoms with E-state index >= 15 is 0 Å². The van der Waals surface area contributed by atoms with Crippen molar-refractivity contribution in [3.63, 3.8) is 0 Å². The van der Waals surface area contributed by atoms with Crippen LogP contribution in [0.5, 0.6) is 11.5 Å². The minimum Gasteiger partial charge on any atom is -0.461 e. The summed E-state index contributed by atoms with van der Waals surface area (Å²) in [6.07, 6.45) is -3.71. The van der Waals surface area contributed by atoms with Crippen molar-refractivity contribution in [3.05, 3.63) is 71.3 Å². The molecule has 0 heterocycles. The van der Waals surface area contributed by atoms with Gasteiger partial charge in [-0.2, -0.15) is 13.2 Å². The second kappa shape index (κ2) is 8.11. The summed E-state index contributed by atoms with van der Waals surface area (Å²) in [4.78, 5) is 12.4. The molecule has 0 unspecified atom stereocenters. The van der Waals surface area contributed by atoms with Gasteiger partial charge in [0.15, 0.2) is 0 Å². The van der Waals surface area contributed by atoms with E-state index in [0.717, 1.165) is 6.08 Å². The minimum absolute atomic E-state index is 0.000834. The summed E-state index contributed by atoms with van der Waals surface area (Å²) in [6, 6.07) is 16.3. The topological polar surface area (TPSA) is 35.5 Å². The van der Waals surface area contributed by atoms with Crippen molar-refractivity contribution >= 4 is 17.6 Å². The van der Waals surface area contributed by atoms with Gasteiger partial charge in [0.1, 0.15) is 23.1 Å². The van der Waals surface area contributed by atoms with Crippen LogP contribution in [0.1, 0.15) is 19.4 Å². The van der Waals surface area contributed by atoms with E-state index in [-0.39, 0.29) is 6.61 Å². The molecule has 154 valence electrons. The van der Waals surface area contributed by atoms with Gasteiger partial charge in [0.25, 0.3) is 0 Å². The molecular formula is C22H20ClF3O3. The van der Waals surface area contributed by atoms with Crippen molar-refractivity contribution in [2.24, 2.45) is 17.3 Å². The van der Waals surface area contributed by atoms with Crippen molar-refractivity contribution < 1.29 is 27.4 Å². The smallest absolute Gasteiger partial charge is 0.426 e. The van der Waals surface area contributed by atoms with Crippen molar-refractivity contribution in [1.29, 1.82) is 0 Å². The molecular weight excluding hydrogens is 405 g/mol. The summed E-state index contributed by atoms with van der Waals surface area (Å²) in [5.41, 5.74) is 0.0754. The summed E-state index contributed by atoms with van der Waals surface area (Å²) in [6.45, 7) is 3.44. The molecule has 0 aliphatic heterocycles. The third-order valence-corrected chi connectivity index (χ3v) is 5.36. The zero-order chi connectivity index (χ0) is 21.2. The van der Waals surface area contributed by atoms with E-state index in [1.807, 2.05) is 30.3 Å². The van der Waals surface area contributed by atoms with E-state index in [1.54, 1.807) is 38.1 Å². The van der Waals surface area contributed by atoms with Gasteiger partial charge in [-0.15, -0.1) is 0 Å². The zero-order valence-corrected chi connectivity index (χ0v) is 16.6. The number of halogens is 4. The van der Waals surface area contributed by atoms with Crippen molar-refractivity contribution in [2.45, 2.75) is 26.6 Å². The second-order valence-corrected chi connectivity index (χ2v) is 7.91. The number of ether oxygens (including phenoxy) is 2. The van der Waals surface area contributed by atoms with Crippen LogP contribution in [-0.2, 0) is 16.1 Å². The summed E-state index contributed by atoms with van der Waals surface area (Å²) in [5.74, 6) is -0.552. The highest BCUT2D eigenvalue weighted by Crippen LogP contribution is 2.60. The molecule has 2 aromatic carbocycles. The summed E-state index contributed by atoms with van der Waals surface area (Å²) in [5, 5.41) is -1.21. The van der Waals surface area contributed by atoms with Gasteiger partial charge in [0.2, 0.25) is 0 Å². The van der Waals surface area contributed by atoms with Crippen LogP contribution in [0.2, 0.25) is 0 Å². The van der Waals surface area contributed by atoms with Gasteiger partial charge in [0.05, 0.1) is 5.92 Å². The number of rotatable bonds is 6. The Balaban J connectivity index is 1.60. The molecule has 7 heteroatoms. The first-order valence-electron chi connectivity index (χ1n) is 9.02. The number of carbonyl (C=O) groups excluding carboxylic acids is 1. The molecule has 1 aliphatic carbocycles. The molecule has 0 amide bonds.